The molecule has 0 aliphatic carbocycles. The number of nitrogens with one attached hydrogen (secondary N) is 2. The molecule has 2 amide bonds. The van der Waals surface area contributed by atoms with Crippen LogP contribution in [0.25, 0.3) is 0 Å². The van der Waals surface area contributed by atoms with Crippen molar-refractivity contribution < 1.29 is 14.3 Å². The van der Waals surface area contributed by atoms with E-state index in [0.29, 0.717) is 15.3 Å². The number of halogens is 1. The topological polar surface area (TPSA) is 80.3 Å². The van der Waals surface area contributed by atoms with Crippen molar-refractivity contribution in [1.29, 1.82) is 0 Å². The average molecular weight is 356 g/mol. The molecule has 20 heavy (non-hydrogen) atoms. The van der Waals surface area contributed by atoms with Gasteiger partial charge in [0.25, 0.3) is 0 Å². The molecule has 0 saturated heterocycles. The zero-order valence-corrected chi connectivity index (χ0v) is 12.7. The van der Waals surface area contributed by atoms with Gasteiger partial charge in [-0.2, -0.15) is 0 Å². The molecule has 6 nitrogen and oxygen atoms in total. The number of thiazole rings is 1. The van der Waals surface area contributed by atoms with Gasteiger partial charge in [0.2, 0.25) is 0 Å². The summed E-state index contributed by atoms with van der Waals surface area (Å²) in [5.41, 5.74) is 0.616. The standard InChI is InChI=1S/C12H10BrN3O3S/c1-19-10(17)8-6-7(13)2-3-9(8)15-11(18)16-12-14-4-5-20-12/h2-6H,1H3,(H2,14,15,16,18). The van der Waals surface area contributed by atoms with Crippen LogP contribution in [0.15, 0.2) is 34.2 Å². The molecule has 104 valence electrons. The van der Waals surface area contributed by atoms with Gasteiger partial charge < -0.3 is 10.1 Å². The van der Waals surface area contributed by atoms with E-state index in [2.05, 4.69) is 36.3 Å². The number of hydrogen-bond donors (Lipinski definition) is 2. The first-order chi connectivity index (χ1) is 9.60. The summed E-state index contributed by atoms with van der Waals surface area (Å²) < 4.78 is 5.39. The van der Waals surface area contributed by atoms with Crippen LogP contribution in [0.3, 0.4) is 0 Å². The molecule has 2 N–H and O–H groups in total. The lowest BCUT2D eigenvalue weighted by Crippen LogP contribution is -2.21. The Labute approximate surface area is 127 Å². The molecule has 2 aromatic rings. The Bertz CT molecular complexity index is 631. The highest BCUT2D eigenvalue weighted by Gasteiger charge is 2.14. The zero-order chi connectivity index (χ0) is 14.5. The van der Waals surface area contributed by atoms with Gasteiger partial charge in [-0.3, -0.25) is 5.32 Å². The fourth-order valence-corrected chi connectivity index (χ4v) is 2.33. The highest BCUT2D eigenvalue weighted by molar-refractivity contribution is 9.10. The molecule has 1 aromatic carbocycles. The van der Waals surface area contributed by atoms with E-state index < -0.39 is 12.0 Å². The Balaban J connectivity index is 2.16. The molecule has 0 spiro atoms. The highest BCUT2D eigenvalue weighted by atomic mass is 79.9. The molecule has 2 rings (SSSR count). The minimum Gasteiger partial charge on any atom is -0.465 e. The Morgan fingerprint density at radius 3 is 2.80 bits per heavy atom. The number of benzene rings is 1. The Kier molecular flexibility index (Phi) is 4.70. The number of aromatic nitrogens is 1. The second-order valence-corrected chi connectivity index (χ2v) is 5.41. The fourth-order valence-electron chi connectivity index (χ4n) is 1.44. The zero-order valence-electron chi connectivity index (χ0n) is 10.3. The third kappa shape index (κ3) is 3.55. The van der Waals surface area contributed by atoms with Crippen LogP contribution in [0, 0.1) is 0 Å². The molecule has 1 heterocycles. The first-order valence-corrected chi connectivity index (χ1v) is 7.13. The van der Waals surface area contributed by atoms with Crippen LogP contribution < -0.4 is 10.6 Å². The second kappa shape index (κ2) is 6.49. The second-order valence-electron chi connectivity index (χ2n) is 3.60. The molecule has 0 unspecified atom stereocenters. The van der Waals surface area contributed by atoms with Gasteiger partial charge in [0.05, 0.1) is 18.4 Å². The van der Waals surface area contributed by atoms with Crippen molar-refractivity contribution in [3.05, 3.63) is 39.8 Å². The lowest BCUT2D eigenvalue weighted by atomic mass is 10.2. The number of methoxy groups -OCH3 is 1. The van der Waals surface area contributed by atoms with Crippen molar-refractivity contribution in [2.24, 2.45) is 0 Å². The quantitative estimate of drug-likeness (QED) is 0.827. The minimum atomic E-state index is -0.532. The smallest absolute Gasteiger partial charge is 0.340 e. The van der Waals surface area contributed by atoms with Gasteiger partial charge in [0.1, 0.15) is 0 Å². The van der Waals surface area contributed by atoms with Gasteiger partial charge in [-0.15, -0.1) is 11.3 Å². The first kappa shape index (κ1) is 14.5. The van der Waals surface area contributed by atoms with Crippen molar-refractivity contribution in [2.45, 2.75) is 0 Å². The van der Waals surface area contributed by atoms with Crippen LogP contribution in [-0.4, -0.2) is 24.1 Å². The molecule has 0 radical (unpaired) electrons. The third-order valence-electron chi connectivity index (χ3n) is 2.29. The summed E-state index contributed by atoms with van der Waals surface area (Å²) in [5.74, 6) is -0.532. The van der Waals surface area contributed by atoms with E-state index in [-0.39, 0.29) is 5.56 Å². The number of hydrogen-bond acceptors (Lipinski definition) is 5. The number of anilines is 2. The summed E-state index contributed by atoms with van der Waals surface area (Å²) in [6.45, 7) is 0. The normalized spacial score (nSPS) is 9.90. The van der Waals surface area contributed by atoms with Crippen LogP contribution >= 0.6 is 27.3 Å². The number of ether oxygens (including phenoxy) is 1. The van der Waals surface area contributed by atoms with Crippen molar-refractivity contribution in [3.8, 4) is 0 Å². The Hall–Kier alpha value is -1.93. The molecule has 0 saturated carbocycles. The predicted molar refractivity (Wildman–Crippen MR) is 80.2 cm³/mol. The number of carbonyl (C=O) groups excluding carboxylic acids is 2. The van der Waals surface area contributed by atoms with Crippen molar-refractivity contribution in [1.82, 2.24) is 4.98 Å². The number of carbonyl (C=O) groups is 2. The SMILES string of the molecule is COC(=O)c1cc(Br)ccc1NC(=O)Nc1nccs1. The van der Waals surface area contributed by atoms with Gasteiger partial charge in [-0.05, 0) is 18.2 Å². The molecule has 0 aliphatic rings. The summed E-state index contributed by atoms with van der Waals surface area (Å²) in [4.78, 5) is 27.4. The van der Waals surface area contributed by atoms with Gasteiger partial charge in [0.15, 0.2) is 5.13 Å². The summed E-state index contributed by atoms with van der Waals surface area (Å²) in [5, 5.41) is 7.37. The van der Waals surface area contributed by atoms with Gasteiger partial charge in [-0.25, -0.2) is 14.6 Å². The molecule has 0 fully saturated rings. The molecular formula is C12H10BrN3O3S. The summed E-state index contributed by atoms with van der Waals surface area (Å²) in [6.07, 6.45) is 1.58. The lowest BCUT2D eigenvalue weighted by Gasteiger charge is -2.10. The van der Waals surface area contributed by atoms with Gasteiger partial charge in [0, 0.05) is 16.0 Å². The minimum absolute atomic E-state index is 0.260. The maximum absolute atomic E-state index is 11.8. The van der Waals surface area contributed by atoms with E-state index in [9.17, 15) is 9.59 Å². The molecule has 8 heteroatoms. The predicted octanol–water partition coefficient (Wildman–Crippen LogP) is 3.34. The third-order valence-corrected chi connectivity index (χ3v) is 3.47. The molecule has 0 atom stereocenters. The van der Waals surface area contributed by atoms with Crippen LogP contribution in [-0.2, 0) is 4.74 Å². The fraction of sp³-hybridized carbons (Fsp3) is 0.0833. The maximum atomic E-state index is 11.8. The van der Waals surface area contributed by atoms with E-state index >= 15 is 0 Å². The largest absolute Gasteiger partial charge is 0.465 e. The molecular weight excluding hydrogens is 346 g/mol. The summed E-state index contributed by atoms with van der Waals surface area (Å²) in [7, 11) is 1.28. The van der Waals surface area contributed by atoms with E-state index in [1.54, 1.807) is 29.8 Å². The van der Waals surface area contributed by atoms with E-state index in [4.69, 9.17) is 0 Å². The average Bonchev–Trinajstić information content (AvgIpc) is 2.92. The summed E-state index contributed by atoms with van der Waals surface area (Å²) in [6, 6.07) is 4.42. The molecule has 0 aliphatic heterocycles. The Morgan fingerprint density at radius 2 is 2.15 bits per heavy atom. The van der Waals surface area contributed by atoms with Crippen LogP contribution in [0.4, 0.5) is 15.6 Å². The number of urea groups is 1. The molecule has 0 bridgehead atoms. The first-order valence-electron chi connectivity index (χ1n) is 5.45. The molecule has 1 aromatic heterocycles. The van der Waals surface area contributed by atoms with Crippen LogP contribution in [0.1, 0.15) is 10.4 Å². The van der Waals surface area contributed by atoms with Crippen molar-refractivity contribution >= 4 is 50.1 Å². The van der Waals surface area contributed by atoms with Crippen LogP contribution in [0.5, 0.6) is 0 Å². The maximum Gasteiger partial charge on any atom is 0.340 e. The van der Waals surface area contributed by atoms with Crippen molar-refractivity contribution in [3.63, 3.8) is 0 Å². The summed E-state index contributed by atoms with van der Waals surface area (Å²) >= 11 is 4.56. The Morgan fingerprint density at radius 1 is 1.35 bits per heavy atom. The number of amides is 2. The van der Waals surface area contributed by atoms with Crippen molar-refractivity contribution in [2.75, 3.05) is 17.7 Å². The van der Waals surface area contributed by atoms with E-state index in [1.165, 1.54) is 18.4 Å². The van der Waals surface area contributed by atoms with Gasteiger partial charge in [-0.1, -0.05) is 15.9 Å². The number of esters is 1. The van der Waals surface area contributed by atoms with Crippen LogP contribution in [0.2, 0.25) is 0 Å². The lowest BCUT2D eigenvalue weighted by molar-refractivity contribution is 0.0602. The van der Waals surface area contributed by atoms with E-state index in [1.807, 2.05) is 0 Å². The number of nitrogens with zero attached hydrogens (tertiary/aromatic N) is 1. The van der Waals surface area contributed by atoms with Gasteiger partial charge >= 0.3 is 12.0 Å². The van der Waals surface area contributed by atoms with E-state index in [0.717, 1.165) is 0 Å². The monoisotopic (exact) mass is 355 g/mol. The highest BCUT2D eigenvalue weighted by Crippen LogP contribution is 2.22. The number of rotatable bonds is 3.